The van der Waals surface area contributed by atoms with E-state index in [-0.39, 0.29) is 5.91 Å². The molecule has 0 aliphatic carbocycles. The smallest absolute Gasteiger partial charge is 0.266 e. The summed E-state index contributed by atoms with van der Waals surface area (Å²) in [5.41, 5.74) is 0.701. The van der Waals surface area contributed by atoms with Crippen molar-refractivity contribution >= 4 is 66.4 Å². The number of halogens is 3. The van der Waals surface area contributed by atoms with Gasteiger partial charge in [0.05, 0.1) is 5.02 Å². The molecule has 1 heterocycles. The van der Waals surface area contributed by atoms with E-state index in [1.807, 2.05) is 11.4 Å². The second-order valence-electron chi connectivity index (χ2n) is 3.18. The highest BCUT2D eigenvalue weighted by molar-refractivity contribution is 9.10. The molecule has 2 aromatic rings. The highest BCUT2D eigenvalue weighted by atomic mass is 79.9. The molecule has 88 valence electrons. The maximum atomic E-state index is 11.9. The molecule has 0 spiro atoms. The maximum Gasteiger partial charge on any atom is 0.266 e. The largest absolute Gasteiger partial charge is 0.321 e. The molecule has 0 saturated carbocycles. The number of benzene rings is 1. The summed E-state index contributed by atoms with van der Waals surface area (Å²) in [4.78, 5) is 12.6. The fourth-order valence-corrected chi connectivity index (χ4v) is 3.16. The summed E-state index contributed by atoms with van der Waals surface area (Å²) in [5, 5.41) is 5.28. The Bertz CT molecular complexity index is 570. The average Bonchev–Trinajstić information content (AvgIpc) is 2.70. The predicted octanol–water partition coefficient (Wildman–Crippen LogP) is 5.18. The molecule has 0 fully saturated rings. The van der Waals surface area contributed by atoms with E-state index >= 15 is 0 Å². The standard InChI is InChI=1S/C11H6Br2ClNOS/c12-7-3-4-17-10(7)11(16)15-6-1-2-9(14)8(13)5-6/h1-5H,(H,15,16). The Morgan fingerprint density at radius 1 is 1.24 bits per heavy atom. The van der Waals surface area contributed by atoms with Gasteiger partial charge in [0.2, 0.25) is 0 Å². The first-order valence-electron chi connectivity index (χ1n) is 4.57. The van der Waals surface area contributed by atoms with Gasteiger partial charge in [-0.05, 0) is 61.5 Å². The molecule has 0 unspecified atom stereocenters. The Morgan fingerprint density at radius 3 is 2.59 bits per heavy atom. The Labute approximate surface area is 124 Å². The number of hydrogen-bond donors (Lipinski definition) is 1. The highest BCUT2D eigenvalue weighted by Crippen LogP contribution is 2.27. The van der Waals surface area contributed by atoms with Gasteiger partial charge < -0.3 is 5.32 Å². The molecule has 17 heavy (non-hydrogen) atoms. The first-order valence-corrected chi connectivity index (χ1v) is 7.41. The second kappa shape index (κ2) is 5.52. The fraction of sp³-hybridized carbons (Fsp3) is 0. The Hall–Kier alpha value is -0.360. The van der Waals surface area contributed by atoms with Crippen LogP contribution in [0.3, 0.4) is 0 Å². The lowest BCUT2D eigenvalue weighted by molar-refractivity contribution is 0.103. The molecule has 0 radical (unpaired) electrons. The summed E-state index contributed by atoms with van der Waals surface area (Å²) in [5.74, 6) is -0.138. The van der Waals surface area contributed by atoms with Gasteiger partial charge in [0, 0.05) is 14.6 Å². The highest BCUT2D eigenvalue weighted by Gasteiger charge is 2.11. The van der Waals surface area contributed by atoms with Gasteiger partial charge in [-0.15, -0.1) is 11.3 Å². The molecule has 1 N–H and O–H groups in total. The van der Waals surface area contributed by atoms with Crippen LogP contribution in [0.1, 0.15) is 9.67 Å². The van der Waals surface area contributed by atoms with E-state index < -0.39 is 0 Å². The molecule has 0 aliphatic rings. The van der Waals surface area contributed by atoms with E-state index in [2.05, 4.69) is 37.2 Å². The molecule has 0 saturated heterocycles. The average molecular weight is 396 g/mol. The number of carbonyl (C=O) groups is 1. The van der Waals surface area contributed by atoms with Crippen molar-refractivity contribution in [2.75, 3.05) is 5.32 Å². The molecular formula is C11H6Br2ClNOS. The van der Waals surface area contributed by atoms with Crippen molar-refractivity contribution in [2.24, 2.45) is 0 Å². The third-order valence-electron chi connectivity index (χ3n) is 2.00. The number of anilines is 1. The number of rotatable bonds is 2. The number of nitrogens with one attached hydrogen (secondary N) is 1. The maximum absolute atomic E-state index is 11.9. The van der Waals surface area contributed by atoms with Crippen molar-refractivity contribution in [2.45, 2.75) is 0 Å². The van der Waals surface area contributed by atoms with Gasteiger partial charge in [-0.1, -0.05) is 11.6 Å². The molecule has 0 bridgehead atoms. The number of thiophene rings is 1. The van der Waals surface area contributed by atoms with E-state index in [0.29, 0.717) is 15.6 Å². The third-order valence-corrected chi connectivity index (χ3v) is 5.05. The quantitative estimate of drug-likeness (QED) is 0.746. The number of carbonyl (C=O) groups excluding carboxylic acids is 1. The molecule has 0 atom stereocenters. The lowest BCUT2D eigenvalue weighted by Crippen LogP contribution is -2.10. The van der Waals surface area contributed by atoms with Crippen molar-refractivity contribution in [3.63, 3.8) is 0 Å². The predicted molar refractivity (Wildman–Crippen MR) is 79.1 cm³/mol. The Kier molecular flexibility index (Phi) is 4.25. The van der Waals surface area contributed by atoms with E-state index in [1.54, 1.807) is 18.2 Å². The van der Waals surface area contributed by atoms with Crippen molar-refractivity contribution in [1.82, 2.24) is 0 Å². The minimum absolute atomic E-state index is 0.138. The van der Waals surface area contributed by atoms with Gasteiger partial charge >= 0.3 is 0 Å². The van der Waals surface area contributed by atoms with Crippen LogP contribution in [0.15, 0.2) is 38.6 Å². The molecule has 1 aromatic carbocycles. The summed E-state index contributed by atoms with van der Waals surface area (Å²) in [6.45, 7) is 0. The monoisotopic (exact) mass is 393 g/mol. The molecule has 0 aliphatic heterocycles. The molecule has 1 amide bonds. The van der Waals surface area contributed by atoms with Gasteiger partial charge in [0.25, 0.3) is 5.91 Å². The minimum atomic E-state index is -0.138. The first-order chi connectivity index (χ1) is 8.08. The summed E-state index contributed by atoms with van der Waals surface area (Å²) in [6.07, 6.45) is 0. The zero-order valence-corrected chi connectivity index (χ0v) is 13.1. The number of amides is 1. The van der Waals surface area contributed by atoms with Crippen LogP contribution in [0.5, 0.6) is 0 Å². The SMILES string of the molecule is O=C(Nc1ccc(Cl)c(Br)c1)c1sccc1Br. The van der Waals surface area contributed by atoms with Gasteiger partial charge in [0.15, 0.2) is 0 Å². The van der Waals surface area contributed by atoms with Crippen LogP contribution < -0.4 is 5.32 Å². The number of hydrogen-bond acceptors (Lipinski definition) is 2. The van der Waals surface area contributed by atoms with Crippen molar-refractivity contribution in [3.8, 4) is 0 Å². The van der Waals surface area contributed by atoms with Crippen molar-refractivity contribution < 1.29 is 4.79 Å². The summed E-state index contributed by atoms with van der Waals surface area (Å²) in [7, 11) is 0. The minimum Gasteiger partial charge on any atom is -0.321 e. The zero-order chi connectivity index (χ0) is 12.4. The van der Waals surface area contributed by atoms with Crippen molar-refractivity contribution in [3.05, 3.63) is 48.5 Å². The normalized spacial score (nSPS) is 10.3. The van der Waals surface area contributed by atoms with Crippen LogP contribution in [-0.2, 0) is 0 Å². The first kappa shape index (κ1) is 13.1. The van der Waals surface area contributed by atoms with Gasteiger partial charge in [-0.25, -0.2) is 0 Å². The summed E-state index contributed by atoms with van der Waals surface area (Å²) in [6, 6.07) is 7.09. The second-order valence-corrected chi connectivity index (χ2v) is 6.21. The van der Waals surface area contributed by atoms with Crippen LogP contribution in [0, 0.1) is 0 Å². The van der Waals surface area contributed by atoms with Crippen LogP contribution >= 0.6 is 54.8 Å². The lowest BCUT2D eigenvalue weighted by atomic mass is 10.3. The Balaban J connectivity index is 2.19. The van der Waals surface area contributed by atoms with E-state index in [9.17, 15) is 4.79 Å². The van der Waals surface area contributed by atoms with Crippen molar-refractivity contribution in [1.29, 1.82) is 0 Å². The lowest BCUT2D eigenvalue weighted by Gasteiger charge is -2.05. The van der Waals surface area contributed by atoms with Crippen LogP contribution in [-0.4, -0.2) is 5.91 Å². The molecule has 6 heteroatoms. The van der Waals surface area contributed by atoms with E-state index in [1.165, 1.54) is 11.3 Å². The molecule has 1 aromatic heterocycles. The molecular weight excluding hydrogens is 389 g/mol. The van der Waals surface area contributed by atoms with Crippen LogP contribution in [0.2, 0.25) is 5.02 Å². The summed E-state index contributed by atoms with van der Waals surface area (Å²) < 4.78 is 1.55. The topological polar surface area (TPSA) is 29.1 Å². The molecule has 2 nitrogen and oxygen atoms in total. The van der Waals surface area contributed by atoms with Crippen LogP contribution in [0.4, 0.5) is 5.69 Å². The van der Waals surface area contributed by atoms with Gasteiger partial charge in [0.1, 0.15) is 4.88 Å². The summed E-state index contributed by atoms with van der Waals surface area (Å²) >= 11 is 13.9. The third kappa shape index (κ3) is 3.10. The van der Waals surface area contributed by atoms with Crippen LogP contribution in [0.25, 0.3) is 0 Å². The van der Waals surface area contributed by atoms with E-state index in [0.717, 1.165) is 8.95 Å². The van der Waals surface area contributed by atoms with E-state index in [4.69, 9.17) is 11.6 Å². The molecule has 2 rings (SSSR count). The van der Waals surface area contributed by atoms with Gasteiger partial charge in [-0.3, -0.25) is 4.79 Å². The van der Waals surface area contributed by atoms with Gasteiger partial charge in [-0.2, -0.15) is 0 Å². The zero-order valence-electron chi connectivity index (χ0n) is 8.34. The fourth-order valence-electron chi connectivity index (χ4n) is 1.22. The Morgan fingerprint density at radius 2 is 2.00 bits per heavy atom.